The average Bonchev–Trinajstić information content (AvgIpc) is 2.48. The number of para-hydroxylation sites is 1. The second-order valence-electron chi connectivity index (χ2n) is 4.21. The van der Waals surface area contributed by atoms with Crippen molar-refractivity contribution in [1.29, 1.82) is 0 Å². The summed E-state index contributed by atoms with van der Waals surface area (Å²) in [4.78, 5) is 12.1. The zero-order valence-corrected chi connectivity index (χ0v) is 11.5. The first-order valence-corrected chi connectivity index (χ1v) is 6.41. The van der Waals surface area contributed by atoms with Crippen LogP contribution in [0.3, 0.4) is 0 Å². The number of methoxy groups -OCH3 is 1. The van der Waals surface area contributed by atoms with Gasteiger partial charge in [0.2, 0.25) is 0 Å². The van der Waals surface area contributed by atoms with Crippen LogP contribution in [-0.2, 0) is 0 Å². The minimum Gasteiger partial charge on any atom is -0.497 e. The van der Waals surface area contributed by atoms with Gasteiger partial charge in [-0.3, -0.25) is 0 Å². The molecule has 100 valence electrons. The predicted octanol–water partition coefficient (Wildman–Crippen LogP) is 3.32. The highest BCUT2D eigenvalue weighted by molar-refractivity contribution is 7.71. The van der Waals surface area contributed by atoms with E-state index in [1.165, 1.54) is 4.57 Å². The van der Waals surface area contributed by atoms with Gasteiger partial charge in [-0.2, -0.15) is 0 Å². The topological polar surface area (TPSA) is 44.4 Å². The molecule has 0 radical (unpaired) electrons. The molecule has 1 heterocycles. The van der Waals surface area contributed by atoms with Crippen LogP contribution in [-0.4, -0.2) is 11.7 Å². The highest BCUT2D eigenvalue weighted by Gasteiger charge is 2.09. The Labute approximate surface area is 119 Å². The molecule has 0 aliphatic carbocycles. The van der Waals surface area contributed by atoms with Gasteiger partial charge in [0.1, 0.15) is 16.0 Å². The maximum absolute atomic E-state index is 12.1. The van der Waals surface area contributed by atoms with Crippen molar-refractivity contribution in [1.82, 2.24) is 4.57 Å². The molecule has 0 amide bonds. The lowest BCUT2D eigenvalue weighted by molar-refractivity contribution is 0.414. The normalized spacial score (nSPS) is 10.7. The molecule has 1 aromatic heterocycles. The number of hydrogen-bond acceptors (Lipinski definition) is 4. The Morgan fingerprint density at radius 1 is 1.15 bits per heavy atom. The Kier molecular flexibility index (Phi) is 3.12. The highest BCUT2D eigenvalue weighted by atomic mass is 32.1. The Balaban J connectivity index is 2.39. The molecule has 3 aromatic rings. The molecule has 0 unspecified atom stereocenters. The molecular formula is C15H11NO3S. The third-order valence-corrected chi connectivity index (χ3v) is 3.42. The van der Waals surface area contributed by atoms with Crippen LogP contribution in [0.4, 0.5) is 0 Å². The summed E-state index contributed by atoms with van der Waals surface area (Å²) in [5, 5.41) is 0.669. The number of rotatable bonds is 2. The van der Waals surface area contributed by atoms with Gasteiger partial charge in [0.15, 0.2) is 0 Å². The molecule has 4 nitrogen and oxygen atoms in total. The summed E-state index contributed by atoms with van der Waals surface area (Å²) < 4.78 is 12.3. The summed E-state index contributed by atoms with van der Waals surface area (Å²) in [6.07, 6.45) is 0. The fourth-order valence-corrected chi connectivity index (χ4v) is 2.37. The molecule has 3 rings (SSSR count). The largest absolute Gasteiger partial charge is 0.497 e. The van der Waals surface area contributed by atoms with E-state index >= 15 is 0 Å². The van der Waals surface area contributed by atoms with Crippen molar-refractivity contribution in [2.75, 3.05) is 7.11 Å². The van der Waals surface area contributed by atoms with Gasteiger partial charge in [0.05, 0.1) is 18.2 Å². The molecule has 0 aliphatic heterocycles. The minimum atomic E-state index is -0.501. The SMILES string of the molecule is COc1ccc2oc(=O)n(-c3ccccc3)c(=S)c2c1. The van der Waals surface area contributed by atoms with E-state index in [0.29, 0.717) is 27.0 Å². The summed E-state index contributed by atoms with van der Waals surface area (Å²) in [6, 6.07) is 14.3. The van der Waals surface area contributed by atoms with Crippen LogP contribution in [0, 0.1) is 4.64 Å². The standard InChI is InChI=1S/C15H11NO3S/c1-18-11-7-8-13-12(9-11)14(20)16(15(17)19-13)10-5-3-2-4-6-10/h2-9H,1H3. The van der Waals surface area contributed by atoms with E-state index in [1.807, 2.05) is 18.2 Å². The lowest BCUT2D eigenvalue weighted by atomic mass is 10.2. The number of ether oxygens (including phenoxy) is 1. The Bertz CT molecular complexity index is 881. The molecule has 0 spiro atoms. The number of nitrogens with zero attached hydrogens (tertiary/aromatic N) is 1. The fraction of sp³-hybridized carbons (Fsp3) is 0.0667. The molecule has 0 saturated heterocycles. The molecule has 20 heavy (non-hydrogen) atoms. The predicted molar refractivity (Wildman–Crippen MR) is 79.2 cm³/mol. The first-order chi connectivity index (χ1) is 9.70. The van der Waals surface area contributed by atoms with Gasteiger partial charge >= 0.3 is 5.76 Å². The van der Waals surface area contributed by atoms with E-state index in [0.717, 1.165) is 0 Å². The first kappa shape index (κ1) is 12.6. The van der Waals surface area contributed by atoms with Gasteiger partial charge in [0, 0.05) is 0 Å². The van der Waals surface area contributed by atoms with Gasteiger partial charge in [-0.05, 0) is 30.3 Å². The lowest BCUT2D eigenvalue weighted by Gasteiger charge is -2.07. The summed E-state index contributed by atoms with van der Waals surface area (Å²) in [5.74, 6) is 0.163. The Hall–Kier alpha value is -2.40. The second-order valence-corrected chi connectivity index (χ2v) is 4.59. The van der Waals surface area contributed by atoms with Crippen LogP contribution in [0.25, 0.3) is 16.7 Å². The third-order valence-electron chi connectivity index (χ3n) is 3.01. The number of fused-ring (bicyclic) bond motifs is 1. The van der Waals surface area contributed by atoms with Crippen molar-refractivity contribution in [3.05, 3.63) is 63.7 Å². The van der Waals surface area contributed by atoms with Gasteiger partial charge in [-0.25, -0.2) is 9.36 Å². The summed E-state index contributed by atoms with van der Waals surface area (Å²) >= 11 is 5.42. The zero-order chi connectivity index (χ0) is 14.1. The second kappa shape index (κ2) is 4.94. The van der Waals surface area contributed by atoms with Gasteiger partial charge < -0.3 is 9.15 Å². The monoisotopic (exact) mass is 285 g/mol. The maximum Gasteiger partial charge on any atom is 0.425 e. The van der Waals surface area contributed by atoms with Crippen LogP contribution in [0.2, 0.25) is 0 Å². The molecule has 0 bridgehead atoms. The average molecular weight is 285 g/mol. The van der Waals surface area contributed by atoms with Crippen LogP contribution in [0.5, 0.6) is 5.75 Å². The Morgan fingerprint density at radius 3 is 2.60 bits per heavy atom. The molecule has 5 heteroatoms. The number of aromatic nitrogens is 1. The van der Waals surface area contributed by atoms with Gasteiger partial charge in [-0.1, -0.05) is 30.4 Å². The van der Waals surface area contributed by atoms with Crippen molar-refractivity contribution in [2.45, 2.75) is 0 Å². The lowest BCUT2D eigenvalue weighted by Crippen LogP contribution is -2.17. The zero-order valence-electron chi connectivity index (χ0n) is 10.7. The van der Waals surface area contributed by atoms with Crippen molar-refractivity contribution < 1.29 is 9.15 Å². The third kappa shape index (κ3) is 2.02. The molecule has 0 atom stereocenters. The smallest absolute Gasteiger partial charge is 0.425 e. The van der Waals surface area contributed by atoms with E-state index < -0.39 is 5.76 Å². The van der Waals surface area contributed by atoms with Crippen LogP contribution >= 0.6 is 12.2 Å². The molecule has 2 aromatic carbocycles. The van der Waals surface area contributed by atoms with Crippen LogP contribution in [0.15, 0.2) is 57.7 Å². The quantitative estimate of drug-likeness (QED) is 0.677. The fourth-order valence-electron chi connectivity index (χ4n) is 2.03. The Morgan fingerprint density at radius 2 is 1.90 bits per heavy atom. The van der Waals surface area contributed by atoms with E-state index in [-0.39, 0.29) is 0 Å². The number of hydrogen-bond donors (Lipinski definition) is 0. The summed E-state index contributed by atoms with van der Waals surface area (Å²) in [7, 11) is 1.58. The van der Waals surface area contributed by atoms with E-state index in [4.69, 9.17) is 21.4 Å². The van der Waals surface area contributed by atoms with Crippen LogP contribution < -0.4 is 10.5 Å². The summed E-state index contributed by atoms with van der Waals surface area (Å²) in [6.45, 7) is 0. The van der Waals surface area contributed by atoms with Gasteiger partial charge in [-0.15, -0.1) is 0 Å². The van der Waals surface area contributed by atoms with E-state index in [9.17, 15) is 4.79 Å². The molecule has 0 saturated carbocycles. The molecule has 0 N–H and O–H groups in total. The van der Waals surface area contributed by atoms with Crippen molar-refractivity contribution >= 4 is 23.2 Å². The number of benzene rings is 2. The molecule has 0 fully saturated rings. The molecular weight excluding hydrogens is 274 g/mol. The van der Waals surface area contributed by atoms with Crippen molar-refractivity contribution in [3.63, 3.8) is 0 Å². The van der Waals surface area contributed by atoms with Crippen molar-refractivity contribution in [3.8, 4) is 11.4 Å². The van der Waals surface area contributed by atoms with Gasteiger partial charge in [0.25, 0.3) is 0 Å². The molecule has 0 aliphatic rings. The van der Waals surface area contributed by atoms with Crippen LogP contribution in [0.1, 0.15) is 0 Å². The van der Waals surface area contributed by atoms with E-state index in [2.05, 4.69) is 0 Å². The van der Waals surface area contributed by atoms with E-state index in [1.54, 1.807) is 37.4 Å². The maximum atomic E-state index is 12.1. The summed E-state index contributed by atoms with van der Waals surface area (Å²) in [5.41, 5.74) is 1.13. The minimum absolute atomic E-state index is 0.404. The highest BCUT2D eigenvalue weighted by Crippen LogP contribution is 2.21. The van der Waals surface area contributed by atoms with Crippen molar-refractivity contribution in [2.24, 2.45) is 0 Å². The first-order valence-electron chi connectivity index (χ1n) is 6.00.